The van der Waals surface area contributed by atoms with Gasteiger partial charge in [0.15, 0.2) is 0 Å². The van der Waals surface area contributed by atoms with E-state index in [2.05, 4.69) is 15.1 Å². The molecule has 2 aromatic rings. The summed E-state index contributed by atoms with van der Waals surface area (Å²) in [4.78, 5) is 16.2. The molecule has 0 atom stereocenters. The Balaban J connectivity index is 1.52. The molecule has 0 unspecified atom stereocenters. The molecule has 3 rings (SSSR count). The Morgan fingerprint density at radius 2 is 2.00 bits per heavy atom. The van der Waals surface area contributed by atoms with Gasteiger partial charge in [0.2, 0.25) is 11.8 Å². The molecular formula is C14H18N4O3. The number of carbonyl (C=O) groups is 1. The van der Waals surface area contributed by atoms with E-state index in [1.807, 2.05) is 11.8 Å². The van der Waals surface area contributed by atoms with Crippen LogP contribution in [0.1, 0.15) is 29.1 Å². The van der Waals surface area contributed by atoms with Crippen LogP contribution in [0.2, 0.25) is 0 Å². The van der Waals surface area contributed by atoms with Crippen LogP contribution in [0.4, 0.5) is 0 Å². The first-order valence-electron chi connectivity index (χ1n) is 7.11. The molecule has 1 amide bonds. The van der Waals surface area contributed by atoms with Crippen LogP contribution >= 0.6 is 0 Å². The number of nitrogens with zero attached hydrogens (tertiary/aromatic N) is 4. The molecule has 21 heavy (non-hydrogen) atoms. The van der Waals surface area contributed by atoms with Gasteiger partial charge >= 0.3 is 0 Å². The highest BCUT2D eigenvalue weighted by Crippen LogP contribution is 2.11. The van der Waals surface area contributed by atoms with Crippen molar-refractivity contribution in [2.75, 3.05) is 26.2 Å². The largest absolute Gasteiger partial charge is 0.472 e. The summed E-state index contributed by atoms with van der Waals surface area (Å²) < 4.78 is 10.5. The third-order valence-electron chi connectivity index (χ3n) is 3.60. The Morgan fingerprint density at radius 3 is 2.62 bits per heavy atom. The number of hydrogen-bond acceptors (Lipinski definition) is 6. The van der Waals surface area contributed by atoms with E-state index < -0.39 is 0 Å². The molecule has 0 aromatic carbocycles. The van der Waals surface area contributed by atoms with Crippen LogP contribution in [0.5, 0.6) is 0 Å². The Hall–Kier alpha value is -2.15. The van der Waals surface area contributed by atoms with E-state index in [0.29, 0.717) is 37.0 Å². The zero-order valence-electron chi connectivity index (χ0n) is 12.0. The van der Waals surface area contributed by atoms with Gasteiger partial charge in [0.25, 0.3) is 5.91 Å². The average Bonchev–Trinajstić information content (AvgIpc) is 3.19. The number of carbonyl (C=O) groups excluding carboxylic acids is 1. The van der Waals surface area contributed by atoms with Crippen LogP contribution in [0.25, 0.3) is 0 Å². The maximum atomic E-state index is 12.2. The third kappa shape index (κ3) is 3.13. The quantitative estimate of drug-likeness (QED) is 0.841. The minimum absolute atomic E-state index is 0.0226. The van der Waals surface area contributed by atoms with E-state index >= 15 is 0 Å². The third-order valence-corrected chi connectivity index (χ3v) is 3.60. The van der Waals surface area contributed by atoms with Crippen molar-refractivity contribution in [3.05, 3.63) is 35.9 Å². The highest BCUT2D eigenvalue weighted by Gasteiger charge is 2.23. The van der Waals surface area contributed by atoms with Crippen LogP contribution < -0.4 is 0 Å². The molecule has 0 saturated carbocycles. The Labute approximate surface area is 122 Å². The topological polar surface area (TPSA) is 75.6 Å². The van der Waals surface area contributed by atoms with E-state index in [-0.39, 0.29) is 5.91 Å². The second kappa shape index (κ2) is 6.09. The molecule has 1 saturated heterocycles. The maximum Gasteiger partial charge on any atom is 0.257 e. The number of amides is 1. The van der Waals surface area contributed by atoms with Crippen LogP contribution in [-0.4, -0.2) is 52.1 Å². The first-order valence-corrected chi connectivity index (χ1v) is 7.11. The lowest BCUT2D eigenvalue weighted by atomic mass is 10.2. The Morgan fingerprint density at radius 1 is 1.24 bits per heavy atom. The van der Waals surface area contributed by atoms with Gasteiger partial charge in [-0.3, -0.25) is 9.69 Å². The number of piperazine rings is 1. The van der Waals surface area contributed by atoms with Crippen molar-refractivity contribution in [3.63, 3.8) is 0 Å². The lowest BCUT2D eigenvalue weighted by Gasteiger charge is -2.33. The van der Waals surface area contributed by atoms with E-state index in [4.69, 9.17) is 8.83 Å². The molecule has 0 aliphatic carbocycles. The molecule has 7 heteroatoms. The monoisotopic (exact) mass is 290 g/mol. The zero-order valence-corrected chi connectivity index (χ0v) is 12.0. The molecular weight excluding hydrogens is 272 g/mol. The van der Waals surface area contributed by atoms with Crippen LogP contribution in [0, 0.1) is 0 Å². The minimum Gasteiger partial charge on any atom is -0.472 e. The highest BCUT2D eigenvalue weighted by molar-refractivity contribution is 5.93. The number of hydrogen-bond donors (Lipinski definition) is 0. The summed E-state index contributed by atoms with van der Waals surface area (Å²) in [6, 6.07) is 1.69. The van der Waals surface area contributed by atoms with E-state index in [1.54, 1.807) is 6.07 Å². The van der Waals surface area contributed by atoms with Crippen molar-refractivity contribution in [2.24, 2.45) is 0 Å². The smallest absolute Gasteiger partial charge is 0.257 e. The fourth-order valence-corrected chi connectivity index (χ4v) is 2.36. The van der Waals surface area contributed by atoms with Gasteiger partial charge in [-0.25, -0.2) is 0 Å². The van der Waals surface area contributed by atoms with Crippen molar-refractivity contribution in [3.8, 4) is 0 Å². The fraction of sp³-hybridized carbons (Fsp3) is 0.500. The lowest BCUT2D eigenvalue weighted by molar-refractivity contribution is 0.0617. The van der Waals surface area contributed by atoms with Gasteiger partial charge in [0.1, 0.15) is 6.26 Å². The molecule has 1 fully saturated rings. The zero-order chi connectivity index (χ0) is 14.7. The molecule has 112 valence electrons. The first kappa shape index (κ1) is 13.8. The van der Waals surface area contributed by atoms with Crippen molar-refractivity contribution in [1.82, 2.24) is 20.0 Å². The normalized spacial score (nSPS) is 16.3. The van der Waals surface area contributed by atoms with Crippen molar-refractivity contribution in [2.45, 2.75) is 19.9 Å². The predicted molar refractivity (Wildman–Crippen MR) is 73.6 cm³/mol. The Bertz CT molecular complexity index is 585. The van der Waals surface area contributed by atoms with Gasteiger partial charge < -0.3 is 13.7 Å². The van der Waals surface area contributed by atoms with Gasteiger partial charge in [0.05, 0.1) is 18.4 Å². The summed E-state index contributed by atoms with van der Waals surface area (Å²) in [5.74, 6) is 1.33. The molecule has 0 radical (unpaired) electrons. The number of aromatic nitrogens is 2. The molecule has 0 bridgehead atoms. The highest BCUT2D eigenvalue weighted by atomic mass is 16.4. The molecule has 1 aliphatic rings. The molecule has 7 nitrogen and oxygen atoms in total. The molecule has 0 N–H and O–H groups in total. The predicted octanol–water partition coefficient (Wildman–Crippen LogP) is 1.18. The summed E-state index contributed by atoms with van der Waals surface area (Å²) in [5.41, 5.74) is 0.605. The van der Waals surface area contributed by atoms with Gasteiger partial charge in [-0.05, 0) is 6.07 Å². The van der Waals surface area contributed by atoms with Gasteiger partial charge in [-0.15, -0.1) is 10.2 Å². The minimum atomic E-state index is 0.0226. The van der Waals surface area contributed by atoms with Crippen LogP contribution in [0.15, 0.2) is 27.4 Å². The molecule has 2 aromatic heterocycles. The maximum absolute atomic E-state index is 12.2. The number of aryl methyl sites for hydroxylation is 1. The van der Waals surface area contributed by atoms with E-state index in [1.165, 1.54) is 12.5 Å². The van der Waals surface area contributed by atoms with Crippen LogP contribution in [0.3, 0.4) is 0 Å². The second-order valence-corrected chi connectivity index (χ2v) is 5.02. The summed E-state index contributed by atoms with van der Waals surface area (Å²) in [5, 5.41) is 7.98. The van der Waals surface area contributed by atoms with Gasteiger partial charge in [0, 0.05) is 32.6 Å². The van der Waals surface area contributed by atoms with Crippen molar-refractivity contribution >= 4 is 5.91 Å². The van der Waals surface area contributed by atoms with E-state index in [0.717, 1.165) is 19.5 Å². The fourth-order valence-electron chi connectivity index (χ4n) is 2.36. The van der Waals surface area contributed by atoms with Gasteiger partial charge in [-0.2, -0.15) is 0 Å². The Kier molecular flexibility index (Phi) is 4.01. The summed E-state index contributed by atoms with van der Waals surface area (Å²) >= 11 is 0. The standard InChI is InChI=1S/C14H18N4O3/c1-2-12-15-16-13(21-12)9-17-4-6-18(7-5-17)14(19)11-3-8-20-10-11/h3,8,10H,2,4-7,9H2,1H3. The lowest BCUT2D eigenvalue weighted by Crippen LogP contribution is -2.48. The molecule has 0 spiro atoms. The second-order valence-electron chi connectivity index (χ2n) is 5.02. The summed E-state index contributed by atoms with van der Waals surface area (Å²) in [6.07, 6.45) is 3.75. The number of rotatable bonds is 4. The van der Waals surface area contributed by atoms with Gasteiger partial charge in [-0.1, -0.05) is 6.92 Å². The summed E-state index contributed by atoms with van der Waals surface area (Å²) in [6.45, 7) is 5.61. The SMILES string of the molecule is CCc1nnc(CN2CCN(C(=O)c3ccoc3)CC2)o1. The van der Waals surface area contributed by atoms with Crippen molar-refractivity contribution < 1.29 is 13.6 Å². The van der Waals surface area contributed by atoms with Crippen molar-refractivity contribution in [1.29, 1.82) is 0 Å². The first-order chi connectivity index (χ1) is 10.3. The summed E-state index contributed by atoms with van der Waals surface area (Å²) in [7, 11) is 0. The number of furan rings is 1. The molecule has 1 aliphatic heterocycles. The van der Waals surface area contributed by atoms with Crippen LogP contribution in [-0.2, 0) is 13.0 Å². The average molecular weight is 290 g/mol. The molecule has 3 heterocycles. The van der Waals surface area contributed by atoms with E-state index in [9.17, 15) is 4.79 Å².